The van der Waals surface area contributed by atoms with E-state index in [0.717, 1.165) is 12.1 Å². The summed E-state index contributed by atoms with van der Waals surface area (Å²) < 4.78 is 13.3. The van der Waals surface area contributed by atoms with Crippen LogP contribution in [0.4, 0.5) is 4.39 Å². The first-order valence-corrected chi connectivity index (χ1v) is 4.92. The fraction of sp³-hybridized carbons (Fsp3) is 0. The van der Waals surface area contributed by atoms with Crippen LogP contribution in [0.2, 0.25) is 5.02 Å². The van der Waals surface area contributed by atoms with E-state index < -0.39 is 5.82 Å². The number of hydrogen-bond donors (Lipinski definition) is 1. The number of fused-ring (bicyclic) bond motifs is 1. The van der Waals surface area contributed by atoms with E-state index in [2.05, 4.69) is 20.9 Å². The van der Waals surface area contributed by atoms with Crippen LogP contribution in [0.3, 0.4) is 0 Å². The summed E-state index contributed by atoms with van der Waals surface area (Å²) in [6, 6.07) is 2.32. The Labute approximate surface area is 91.8 Å². The average Bonchev–Trinajstić information content (AvgIpc) is 2.12. The van der Waals surface area contributed by atoms with E-state index in [4.69, 9.17) is 11.6 Å². The first-order chi connectivity index (χ1) is 6.59. The summed E-state index contributed by atoms with van der Waals surface area (Å²) in [6.07, 6.45) is 1.48. The van der Waals surface area contributed by atoms with Gasteiger partial charge in [0.15, 0.2) is 0 Å². The van der Waals surface area contributed by atoms with Gasteiger partial charge in [-0.3, -0.25) is 4.79 Å². The third kappa shape index (κ3) is 1.44. The predicted molar refractivity (Wildman–Crippen MR) is 57.2 cm³/mol. The lowest BCUT2D eigenvalue weighted by Gasteiger charge is -2.00. The normalized spacial score (nSPS) is 10.8. The molecule has 14 heavy (non-hydrogen) atoms. The highest BCUT2D eigenvalue weighted by Crippen LogP contribution is 2.21. The summed E-state index contributed by atoms with van der Waals surface area (Å²) in [4.78, 5) is 14.4. The smallest absolute Gasteiger partial charge is 0.203 e. The zero-order valence-electron chi connectivity index (χ0n) is 6.77. The molecule has 0 aliphatic carbocycles. The molecule has 0 aliphatic rings. The molecule has 1 N–H and O–H groups in total. The molecule has 2 aromatic rings. The largest absolute Gasteiger partial charge is 0.359 e. The van der Waals surface area contributed by atoms with Crippen molar-refractivity contribution in [3.63, 3.8) is 0 Å². The van der Waals surface area contributed by atoms with E-state index >= 15 is 0 Å². The zero-order valence-corrected chi connectivity index (χ0v) is 9.12. The molecule has 1 aromatic heterocycles. The second kappa shape index (κ2) is 3.37. The quantitative estimate of drug-likeness (QED) is 0.788. The molecule has 72 valence electrons. The molecule has 0 atom stereocenters. The molecule has 5 heteroatoms. The number of H-pyrrole nitrogens is 1. The van der Waals surface area contributed by atoms with Crippen LogP contribution >= 0.6 is 27.5 Å². The SMILES string of the molecule is O=c1c(Br)c[nH]c2c(Cl)cc(F)cc12. The Kier molecular flexibility index (Phi) is 2.33. The lowest BCUT2D eigenvalue weighted by atomic mass is 10.2. The predicted octanol–water partition coefficient (Wildman–Crippen LogP) is 3.08. The highest BCUT2D eigenvalue weighted by molar-refractivity contribution is 9.10. The number of benzene rings is 1. The van der Waals surface area contributed by atoms with Crippen molar-refractivity contribution < 1.29 is 4.39 Å². The van der Waals surface area contributed by atoms with Gasteiger partial charge in [0.2, 0.25) is 5.43 Å². The Morgan fingerprint density at radius 2 is 2.14 bits per heavy atom. The Morgan fingerprint density at radius 3 is 2.86 bits per heavy atom. The van der Waals surface area contributed by atoms with Crippen LogP contribution in [0.1, 0.15) is 0 Å². The van der Waals surface area contributed by atoms with Gasteiger partial charge in [-0.15, -0.1) is 0 Å². The van der Waals surface area contributed by atoms with E-state index in [1.54, 1.807) is 0 Å². The highest BCUT2D eigenvalue weighted by atomic mass is 79.9. The van der Waals surface area contributed by atoms with E-state index in [1.807, 2.05) is 0 Å². The van der Waals surface area contributed by atoms with Gasteiger partial charge >= 0.3 is 0 Å². The summed E-state index contributed by atoms with van der Waals surface area (Å²) in [5.41, 5.74) is 0.168. The lowest BCUT2D eigenvalue weighted by Crippen LogP contribution is -2.04. The van der Waals surface area contributed by atoms with Crippen LogP contribution in [0.25, 0.3) is 10.9 Å². The van der Waals surface area contributed by atoms with Crippen LogP contribution in [0.15, 0.2) is 27.6 Å². The van der Waals surface area contributed by atoms with Gasteiger partial charge in [-0.25, -0.2) is 4.39 Å². The van der Waals surface area contributed by atoms with E-state index in [9.17, 15) is 9.18 Å². The molecule has 0 bridgehead atoms. The van der Waals surface area contributed by atoms with E-state index in [0.29, 0.717) is 9.99 Å². The molecular weight excluding hydrogens is 272 g/mol. The van der Waals surface area contributed by atoms with Crippen molar-refractivity contribution in [1.29, 1.82) is 0 Å². The van der Waals surface area contributed by atoms with E-state index in [1.165, 1.54) is 6.20 Å². The minimum atomic E-state index is -0.522. The second-order valence-electron chi connectivity index (χ2n) is 2.78. The maximum absolute atomic E-state index is 13.0. The Morgan fingerprint density at radius 1 is 1.43 bits per heavy atom. The lowest BCUT2D eigenvalue weighted by molar-refractivity contribution is 0.629. The first-order valence-electron chi connectivity index (χ1n) is 3.75. The minimum absolute atomic E-state index is 0.199. The molecule has 0 spiro atoms. The topological polar surface area (TPSA) is 32.9 Å². The molecule has 1 aromatic carbocycles. The second-order valence-corrected chi connectivity index (χ2v) is 4.04. The summed E-state index contributed by atoms with van der Waals surface area (Å²) in [5, 5.41) is 0.439. The number of halogens is 3. The Hall–Kier alpha value is -0.870. The third-order valence-electron chi connectivity index (χ3n) is 1.86. The molecule has 1 heterocycles. The van der Waals surface area contributed by atoms with Crippen molar-refractivity contribution >= 4 is 38.4 Å². The number of aromatic nitrogens is 1. The molecule has 0 unspecified atom stereocenters. The van der Waals surface area contributed by atoms with Crippen LogP contribution in [0.5, 0.6) is 0 Å². The fourth-order valence-corrected chi connectivity index (χ4v) is 1.82. The fourth-order valence-electron chi connectivity index (χ4n) is 1.23. The summed E-state index contributed by atoms with van der Waals surface area (Å²) in [5.74, 6) is -0.522. The Bertz CT molecular complexity index is 566. The van der Waals surface area contributed by atoms with Gasteiger partial charge < -0.3 is 4.98 Å². The maximum Gasteiger partial charge on any atom is 0.203 e. The van der Waals surface area contributed by atoms with Gasteiger partial charge in [-0.05, 0) is 28.1 Å². The van der Waals surface area contributed by atoms with Crippen molar-refractivity contribution in [3.8, 4) is 0 Å². The third-order valence-corrected chi connectivity index (χ3v) is 2.75. The standard InChI is InChI=1S/C9H4BrClFNO/c10-6-3-13-8-5(9(6)14)1-4(12)2-7(8)11/h1-3H,(H,13,14). The molecule has 2 nitrogen and oxygen atoms in total. The van der Waals surface area contributed by atoms with Crippen molar-refractivity contribution in [2.45, 2.75) is 0 Å². The van der Waals surface area contributed by atoms with Gasteiger partial charge in [0, 0.05) is 6.20 Å². The van der Waals surface area contributed by atoms with Gasteiger partial charge in [0.1, 0.15) is 5.82 Å². The summed E-state index contributed by atoms with van der Waals surface area (Å²) in [7, 11) is 0. The van der Waals surface area contributed by atoms with Gasteiger partial charge in [0.25, 0.3) is 0 Å². The first kappa shape index (κ1) is 9.68. The molecule has 0 radical (unpaired) electrons. The number of pyridine rings is 1. The summed E-state index contributed by atoms with van der Waals surface area (Å²) >= 11 is 8.82. The van der Waals surface area contributed by atoms with Crippen molar-refractivity contribution in [3.05, 3.63) is 43.9 Å². The minimum Gasteiger partial charge on any atom is -0.359 e. The van der Waals surface area contributed by atoms with Crippen LogP contribution in [-0.4, -0.2) is 4.98 Å². The van der Waals surface area contributed by atoms with E-state index in [-0.39, 0.29) is 15.8 Å². The summed E-state index contributed by atoms with van der Waals surface area (Å²) in [6.45, 7) is 0. The number of rotatable bonds is 0. The molecule has 0 saturated carbocycles. The van der Waals surface area contributed by atoms with Crippen molar-refractivity contribution in [2.24, 2.45) is 0 Å². The van der Waals surface area contributed by atoms with Gasteiger partial charge in [0.05, 0.1) is 20.4 Å². The molecule has 0 fully saturated rings. The Balaban J connectivity index is 3.03. The molecule has 2 rings (SSSR count). The van der Waals surface area contributed by atoms with Crippen LogP contribution < -0.4 is 5.43 Å². The number of hydrogen-bond acceptors (Lipinski definition) is 1. The van der Waals surface area contributed by atoms with Crippen molar-refractivity contribution in [1.82, 2.24) is 4.98 Å². The van der Waals surface area contributed by atoms with Crippen LogP contribution in [-0.2, 0) is 0 Å². The van der Waals surface area contributed by atoms with Gasteiger partial charge in [-0.1, -0.05) is 11.6 Å². The highest BCUT2D eigenvalue weighted by Gasteiger charge is 2.07. The van der Waals surface area contributed by atoms with Crippen LogP contribution in [0, 0.1) is 5.82 Å². The zero-order chi connectivity index (χ0) is 10.3. The van der Waals surface area contributed by atoms with Gasteiger partial charge in [-0.2, -0.15) is 0 Å². The van der Waals surface area contributed by atoms with Crippen molar-refractivity contribution in [2.75, 3.05) is 0 Å². The molecule has 0 aliphatic heterocycles. The number of aromatic amines is 1. The maximum atomic E-state index is 13.0. The molecule has 0 saturated heterocycles. The molecular formula is C9H4BrClFNO. The average molecular weight is 276 g/mol. The molecule has 0 amide bonds. The monoisotopic (exact) mass is 275 g/mol. The number of nitrogens with one attached hydrogen (secondary N) is 1.